The molecule has 0 aliphatic rings. The maximum absolute atomic E-state index is 10.9. The van der Waals surface area contributed by atoms with E-state index >= 15 is 0 Å². The van der Waals surface area contributed by atoms with E-state index in [1.807, 2.05) is 12.2 Å². The molecule has 0 heterocycles. The summed E-state index contributed by atoms with van der Waals surface area (Å²) in [5, 5.41) is 8.54. The Morgan fingerprint density at radius 2 is 1.65 bits per heavy atom. The minimum Gasteiger partial charge on any atom is -1.00 e. The van der Waals surface area contributed by atoms with Gasteiger partial charge in [0.05, 0.1) is 6.10 Å². The largest absolute Gasteiger partial charge is 1.00 e. The van der Waals surface area contributed by atoms with Crippen LogP contribution in [-0.4, -0.2) is 30.2 Å². The molecule has 8 heteroatoms. The Hall–Kier alpha value is 0.0800. The topological polar surface area (TPSA) is 101 Å². The van der Waals surface area contributed by atoms with Crippen LogP contribution in [0.25, 0.3) is 0 Å². The quantitative estimate of drug-likeness (QED) is 0.167. The van der Waals surface area contributed by atoms with Crippen LogP contribution in [-0.2, 0) is 19.4 Å². The number of aliphatic carboxylic acids is 1. The van der Waals surface area contributed by atoms with Crippen molar-refractivity contribution in [2.75, 3.05) is 0 Å². The third-order valence-corrected chi connectivity index (χ3v) is 4.48. The first-order valence-electron chi connectivity index (χ1n) is 9.37. The van der Waals surface area contributed by atoms with E-state index in [9.17, 15) is 13.2 Å². The normalized spacial score (nSPS) is 12.8. The van der Waals surface area contributed by atoms with Crippen molar-refractivity contribution in [3.8, 4) is 0 Å². The third kappa shape index (κ3) is 22.1. The number of hydrogen-bond donors (Lipinski definition) is 2. The molecule has 0 spiro atoms. The van der Waals surface area contributed by atoms with Gasteiger partial charge in [0.2, 0.25) is 0 Å². The monoisotopic (exact) mass is 402 g/mol. The van der Waals surface area contributed by atoms with Crippen LogP contribution in [0.1, 0.15) is 91.8 Å². The molecule has 0 aromatic heterocycles. The smallest absolute Gasteiger partial charge is 1.00 e. The van der Waals surface area contributed by atoms with Crippen LogP contribution in [0, 0.1) is 0 Å². The molecule has 0 saturated carbocycles. The molecule has 0 fully saturated rings. The molecule has 6 nitrogen and oxygen atoms in total. The average Bonchev–Trinajstić information content (AvgIpc) is 2.51. The summed E-state index contributed by atoms with van der Waals surface area (Å²) >= 11 is 0. The molecule has 0 rings (SSSR count). The summed E-state index contributed by atoms with van der Waals surface area (Å²) in [6.07, 6.45) is 14.6. The Morgan fingerprint density at radius 1 is 1.04 bits per heavy atom. The van der Waals surface area contributed by atoms with Gasteiger partial charge in [-0.3, -0.25) is 9.35 Å². The van der Waals surface area contributed by atoms with Gasteiger partial charge in [0.1, 0.15) is 0 Å². The van der Waals surface area contributed by atoms with E-state index in [-0.39, 0.29) is 37.4 Å². The van der Waals surface area contributed by atoms with Crippen LogP contribution in [0.15, 0.2) is 12.2 Å². The molecular formula is C18H35NaO6S. The van der Waals surface area contributed by atoms with Crippen LogP contribution >= 0.6 is 0 Å². The van der Waals surface area contributed by atoms with Crippen LogP contribution in [0.4, 0.5) is 0 Å². The summed E-state index contributed by atoms with van der Waals surface area (Å²) < 4.78 is 35.4. The number of carboxylic acids is 1. The van der Waals surface area contributed by atoms with Gasteiger partial charge in [-0.1, -0.05) is 64.0 Å². The average molecular weight is 403 g/mol. The Bertz CT molecular complexity index is 470. The second-order valence-corrected chi connectivity index (χ2v) is 7.45. The second-order valence-electron chi connectivity index (χ2n) is 6.40. The van der Waals surface area contributed by atoms with Crippen molar-refractivity contribution in [3.63, 3.8) is 0 Å². The zero-order valence-corrected chi connectivity index (χ0v) is 19.2. The second kappa shape index (κ2) is 18.4. The van der Waals surface area contributed by atoms with Gasteiger partial charge in [-0.25, -0.2) is 4.18 Å². The van der Waals surface area contributed by atoms with E-state index in [0.29, 0.717) is 12.8 Å². The minimum absolute atomic E-state index is 0. The molecule has 0 unspecified atom stereocenters. The summed E-state index contributed by atoms with van der Waals surface area (Å²) in [7, 11) is -4.41. The number of rotatable bonds is 17. The van der Waals surface area contributed by atoms with Gasteiger partial charge in [0.25, 0.3) is 0 Å². The molecule has 0 amide bonds. The Labute approximate surface area is 182 Å². The van der Waals surface area contributed by atoms with Crippen LogP contribution < -0.4 is 29.6 Å². The van der Waals surface area contributed by atoms with Gasteiger partial charge in [-0.15, -0.1) is 0 Å². The molecule has 1 atom stereocenters. The van der Waals surface area contributed by atoms with Gasteiger partial charge in [0.15, 0.2) is 0 Å². The Morgan fingerprint density at radius 3 is 2.27 bits per heavy atom. The zero-order valence-electron chi connectivity index (χ0n) is 17.4. The van der Waals surface area contributed by atoms with Crippen molar-refractivity contribution in [1.29, 1.82) is 0 Å². The fourth-order valence-corrected chi connectivity index (χ4v) is 3.13. The van der Waals surface area contributed by atoms with Crippen LogP contribution in [0.2, 0.25) is 0 Å². The van der Waals surface area contributed by atoms with E-state index in [1.54, 1.807) is 0 Å². The summed E-state index contributed by atoms with van der Waals surface area (Å²) in [6.45, 7) is 2.11. The molecule has 0 aliphatic carbocycles. The number of carboxylic acid groups (broad SMARTS) is 1. The van der Waals surface area contributed by atoms with Crippen molar-refractivity contribution in [3.05, 3.63) is 12.2 Å². The van der Waals surface area contributed by atoms with Gasteiger partial charge in [0, 0.05) is 6.42 Å². The molecule has 0 aromatic carbocycles. The minimum atomic E-state index is -4.41. The van der Waals surface area contributed by atoms with Crippen molar-refractivity contribution in [2.45, 2.75) is 96.5 Å². The van der Waals surface area contributed by atoms with Crippen LogP contribution in [0.3, 0.4) is 0 Å². The van der Waals surface area contributed by atoms with E-state index in [0.717, 1.165) is 64.2 Å². The van der Waals surface area contributed by atoms with Crippen LogP contribution in [0.5, 0.6) is 0 Å². The predicted octanol–water partition coefficient (Wildman–Crippen LogP) is 2.02. The maximum atomic E-state index is 10.9. The molecule has 0 radical (unpaired) electrons. The zero-order chi connectivity index (χ0) is 19.0. The first-order chi connectivity index (χ1) is 11.8. The Balaban J connectivity index is -0.00000288. The number of carbonyl (C=O) groups is 1. The van der Waals surface area contributed by atoms with E-state index in [2.05, 4.69) is 6.92 Å². The molecule has 0 aromatic rings. The SMILES string of the molecule is CCCCCC[C@H](C/C=C\CCCCCCCC(=O)O)OS(=O)(=O)O.[H-].[Na+]. The molecule has 0 aliphatic heterocycles. The van der Waals surface area contributed by atoms with Crippen molar-refractivity contribution < 1.29 is 58.0 Å². The Kier molecular flexibility index (Phi) is 20.1. The summed E-state index contributed by atoms with van der Waals surface area (Å²) in [4.78, 5) is 10.4. The van der Waals surface area contributed by atoms with Gasteiger partial charge < -0.3 is 6.53 Å². The summed E-state index contributed by atoms with van der Waals surface area (Å²) in [5.74, 6) is -0.737. The summed E-state index contributed by atoms with van der Waals surface area (Å²) in [5.41, 5.74) is 0. The fourth-order valence-electron chi connectivity index (χ4n) is 2.61. The van der Waals surface area contributed by atoms with E-state index in [4.69, 9.17) is 13.8 Å². The molecule has 0 bridgehead atoms. The number of unbranched alkanes of at least 4 members (excludes halogenated alkanes) is 8. The number of hydrogen-bond acceptors (Lipinski definition) is 4. The fraction of sp³-hybridized carbons (Fsp3) is 0.833. The molecule has 150 valence electrons. The standard InChI is InChI=1S/C18H34O6S.Na.H/c1-2-3-4-11-14-17(24-25(21,22)23)15-12-9-7-5-6-8-10-13-16-18(19)20;;/h9,12,17H,2-8,10-11,13-16H2,1H3,(H,19,20)(H,21,22,23);;/q;+1;-1/b12-9-;;/t17-;;/m1../s1. The van der Waals surface area contributed by atoms with Crippen molar-refractivity contribution >= 4 is 16.4 Å². The molecule has 2 N–H and O–H groups in total. The first kappa shape index (κ1) is 28.3. The first-order valence-corrected chi connectivity index (χ1v) is 10.7. The molecular weight excluding hydrogens is 367 g/mol. The third-order valence-electron chi connectivity index (χ3n) is 3.96. The number of allylic oxidation sites excluding steroid dienone is 1. The van der Waals surface area contributed by atoms with E-state index < -0.39 is 22.5 Å². The van der Waals surface area contributed by atoms with Gasteiger partial charge >= 0.3 is 45.9 Å². The van der Waals surface area contributed by atoms with Gasteiger partial charge in [-0.2, -0.15) is 8.42 Å². The van der Waals surface area contributed by atoms with Crippen molar-refractivity contribution in [1.82, 2.24) is 0 Å². The maximum Gasteiger partial charge on any atom is 1.00 e. The molecule has 26 heavy (non-hydrogen) atoms. The van der Waals surface area contributed by atoms with E-state index in [1.165, 1.54) is 0 Å². The predicted molar refractivity (Wildman–Crippen MR) is 100 cm³/mol. The molecule has 0 saturated heterocycles. The summed E-state index contributed by atoms with van der Waals surface area (Å²) in [6, 6.07) is 0. The van der Waals surface area contributed by atoms with Gasteiger partial charge in [-0.05, 0) is 32.1 Å². The van der Waals surface area contributed by atoms with Crippen molar-refractivity contribution in [2.24, 2.45) is 0 Å².